The van der Waals surface area contributed by atoms with Gasteiger partial charge >= 0.3 is 0 Å². The third kappa shape index (κ3) is 5.38. The van der Waals surface area contributed by atoms with Gasteiger partial charge in [0.2, 0.25) is 6.41 Å². The fourth-order valence-corrected chi connectivity index (χ4v) is 3.57. The third-order valence-electron chi connectivity index (χ3n) is 4.85. The zero-order valence-corrected chi connectivity index (χ0v) is 12.8. The van der Waals surface area contributed by atoms with E-state index in [9.17, 15) is 4.79 Å². The molecule has 1 fully saturated rings. The summed E-state index contributed by atoms with van der Waals surface area (Å²) in [6.45, 7) is 9.46. The van der Waals surface area contributed by atoms with E-state index in [1.54, 1.807) is 0 Å². The number of hydrogen-bond acceptors (Lipinski definition) is 1. The summed E-state index contributed by atoms with van der Waals surface area (Å²) in [5, 5.41) is 2.79. The van der Waals surface area contributed by atoms with Gasteiger partial charge in [0, 0.05) is 6.54 Å². The maximum atomic E-state index is 10.3. The predicted molar refractivity (Wildman–Crippen MR) is 82.0 cm³/mol. The highest BCUT2D eigenvalue weighted by atomic mass is 16.1. The highest BCUT2D eigenvalue weighted by Gasteiger charge is 2.33. The van der Waals surface area contributed by atoms with Crippen LogP contribution < -0.4 is 5.32 Å². The van der Waals surface area contributed by atoms with Gasteiger partial charge in [0.25, 0.3) is 0 Å². The van der Waals surface area contributed by atoms with Gasteiger partial charge in [-0.05, 0) is 49.4 Å². The zero-order valence-electron chi connectivity index (χ0n) is 12.8. The molecule has 110 valence electrons. The molecule has 1 saturated carbocycles. The first-order valence-corrected chi connectivity index (χ1v) is 7.93. The maximum absolute atomic E-state index is 10.3. The normalized spacial score (nSPS) is 19.9. The van der Waals surface area contributed by atoms with E-state index in [1.165, 1.54) is 44.9 Å². The highest BCUT2D eigenvalue weighted by molar-refractivity contribution is 5.45. The van der Waals surface area contributed by atoms with Crippen LogP contribution in [0.2, 0.25) is 0 Å². The Kier molecular flexibility index (Phi) is 7.19. The Morgan fingerprint density at radius 2 is 1.95 bits per heavy atom. The Bertz CT molecular complexity index is 266. The minimum Gasteiger partial charge on any atom is -0.359 e. The van der Waals surface area contributed by atoms with Gasteiger partial charge in [0.1, 0.15) is 0 Å². The van der Waals surface area contributed by atoms with Crippen LogP contribution in [0.4, 0.5) is 0 Å². The largest absolute Gasteiger partial charge is 0.359 e. The van der Waals surface area contributed by atoms with Crippen molar-refractivity contribution in [2.45, 2.75) is 65.2 Å². The Labute approximate surface area is 119 Å². The maximum Gasteiger partial charge on any atom is 0.207 e. The summed E-state index contributed by atoms with van der Waals surface area (Å²) in [5.74, 6) is 1.32. The van der Waals surface area contributed by atoms with Gasteiger partial charge in [-0.25, -0.2) is 0 Å². The van der Waals surface area contributed by atoms with Crippen molar-refractivity contribution in [3.05, 3.63) is 12.7 Å². The second-order valence-electron chi connectivity index (χ2n) is 6.58. The van der Waals surface area contributed by atoms with Crippen molar-refractivity contribution in [2.75, 3.05) is 6.54 Å². The Morgan fingerprint density at radius 3 is 2.47 bits per heavy atom. The minimum absolute atomic E-state index is 0.506. The number of nitrogens with one attached hydrogen (secondary N) is 1. The van der Waals surface area contributed by atoms with Gasteiger partial charge in [0.15, 0.2) is 0 Å². The van der Waals surface area contributed by atoms with E-state index in [1.807, 2.05) is 0 Å². The van der Waals surface area contributed by atoms with Crippen molar-refractivity contribution < 1.29 is 4.79 Å². The molecule has 0 aromatic rings. The van der Waals surface area contributed by atoms with Crippen molar-refractivity contribution in [2.24, 2.45) is 17.3 Å². The van der Waals surface area contributed by atoms with Crippen LogP contribution in [0, 0.1) is 17.3 Å². The zero-order chi connectivity index (χ0) is 14.1. The molecule has 19 heavy (non-hydrogen) atoms. The molecule has 1 N–H and O–H groups in total. The molecule has 0 aromatic heterocycles. The Hall–Kier alpha value is -0.790. The molecule has 1 atom stereocenters. The fourth-order valence-electron chi connectivity index (χ4n) is 3.57. The number of allylic oxidation sites excluding steroid dienone is 1. The van der Waals surface area contributed by atoms with E-state index in [-0.39, 0.29) is 0 Å². The number of amides is 1. The number of rotatable bonds is 9. The lowest BCUT2D eigenvalue weighted by Gasteiger charge is -2.40. The molecule has 0 spiro atoms. The minimum atomic E-state index is 0.506. The molecular weight excluding hydrogens is 234 g/mol. The van der Waals surface area contributed by atoms with Crippen LogP contribution in [0.1, 0.15) is 65.2 Å². The first-order chi connectivity index (χ1) is 9.13. The average Bonchev–Trinajstić information content (AvgIpc) is 2.42. The molecule has 1 aliphatic rings. The van der Waals surface area contributed by atoms with E-state index in [0.29, 0.717) is 17.3 Å². The molecule has 1 amide bonds. The summed E-state index contributed by atoms with van der Waals surface area (Å²) in [5.41, 5.74) is 0.506. The molecule has 2 nitrogen and oxygen atoms in total. The van der Waals surface area contributed by atoms with Crippen LogP contribution in [0.15, 0.2) is 12.7 Å². The van der Waals surface area contributed by atoms with Crippen molar-refractivity contribution in [1.29, 1.82) is 0 Å². The molecular formula is C17H31NO. The van der Waals surface area contributed by atoms with Crippen LogP contribution in [-0.2, 0) is 4.79 Å². The summed E-state index contributed by atoms with van der Waals surface area (Å²) in [6.07, 6.45) is 13.5. The van der Waals surface area contributed by atoms with E-state index in [0.717, 1.165) is 19.4 Å². The molecule has 0 heterocycles. The average molecular weight is 265 g/mol. The van der Waals surface area contributed by atoms with Crippen molar-refractivity contribution in [1.82, 2.24) is 5.32 Å². The van der Waals surface area contributed by atoms with E-state index >= 15 is 0 Å². The molecule has 0 aliphatic heterocycles. The second kappa shape index (κ2) is 8.39. The van der Waals surface area contributed by atoms with E-state index in [2.05, 4.69) is 31.8 Å². The van der Waals surface area contributed by atoms with Gasteiger partial charge in [0.05, 0.1) is 0 Å². The Morgan fingerprint density at radius 1 is 1.26 bits per heavy atom. The molecule has 0 bridgehead atoms. The van der Waals surface area contributed by atoms with Crippen molar-refractivity contribution in [3.8, 4) is 0 Å². The summed E-state index contributed by atoms with van der Waals surface area (Å²) < 4.78 is 0. The van der Waals surface area contributed by atoms with Crippen molar-refractivity contribution in [3.63, 3.8) is 0 Å². The second-order valence-corrected chi connectivity index (χ2v) is 6.58. The summed E-state index contributed by atoms with van der Waals surface area (Å²) in [4.78, 5) is 10.3. The fraction of sp³-hybridized carbons (Fsp3) is 0.824. The SMILES string of the molecule is C=C[C@H](CC1(CCCNC=O)CCCCC1)C(C)C. The first kappa shape index (κ1) is 16.3. The van der Waals surface area contributed by atoms with Crippen LogP contribution in [-0.4, -0.2) is 13.0 Å². The molecule has 0 aromatic carbocycles. The molecule has 0 radical (unpaired) electrons. The highest BCUT2D eigenvalue weighted by Crippen LogP contribution is 2.46. The number of carbonyl (C=O) groups is 1. The quantitative estimate of drug-likeness (QED) is 0.375. The Balaban J connectivity index is 2.58. The predicted octanol–water partition coefficient (Wildman–Crippen LogP) is 4.31. The molecule has 1 aliphatic carbocycles. The van der Waals surface area contributed by atoms with Gasteiger partial charge in [-0.3, -0.25) is 4.79 Å². The smallest absolute Gasteiger partial charge is 0.207 e. The summed E-state index contributed by atoms with van der Waals surface area (Å²) >= 11 is 0. The lowest BCUT2D eigenvalue weighted by molar-refractivity contribution is -0.109. The molecule has 0 saturated heterocycles. The molecule has 1 rings (SSSR count). The molecule has 2 heteroatoms. The number of hydrogen-bond donors (Lipinski definition) is 1. The monoisotopic (exact) mass is 265 g/mol. The third-order valence-corrected chi connectivity index (χ3v) is 4.85. The lowest BCUT2D eigenvalue weighted by Crippen LogP contribution is -2.29. The standard InChI is InChI=1S/C17H31NO/c1-4-16(15(2)3)13-17(9-6-5-7-10-17)11-8-12-18-14-19/h4,14-16H,1,5-13H2,2-3H3,(H,18,19)/t16-/m1/s1. The van der Waals surface area contributed by atoms with Crippen LogP contribution in [0.3, 0.4) is 0 Å². The van der Waals surface area contributed by atoms with Crippen LogP contribution in [0.5, 0.6) is 0 Å². The first-order valence-electron chi connectivity index (χ1n) is 7.93. The van der Waals surface area contributed by atoms with Gasteiger partial charge in [-0.2, -0.15) is 0 Å². The van der Waals surface area contributed by atoms with Gasteiger partial charge < -0.3 is 5.32 Å². The topological polar surface area (TPSA) is 29.1 Å². The van der Waals surface area contributed by atoms with Gasteiger partial charge in [-0.1, -0.05) is 39.2 Å². The van der Waals surface area contributed by atoms with E-state index in [4.69, 9.17) is 0 Å². The van der Waals surface area contributed by atoms with E-state index < -0.39 is 0 Å². The van der Waals surface area contributed by atoms with Crippen LogP contribution in [0.25, 0.3) is 0 Å². The summed E-state index contributed by atoms with van der Waals surface area (Å²) in [7, 11) is 0. The number of carbonyl (C=O) groups excluding carboxylic acids is 1. The van der Waals surface area contributed by atoms with Crippen LogP contribution >= 0.6 is 0 Å². The lowest BCUT2D eigenvalue weighted by atomic mass is 9.65. The van der Waals surface area contributed by atoms with Gasteiger partial charge in [-0.15, -0.1) is 6.58 Å². The van der Waals surface area contributed by atoms with Crippen molar-refractivity contribution >= 4 is 6.41 Å². The molecule has 0 unspecified atom stereocenters. The summed E-state index contributed by atoms with van der Waals surface area (Å²) in [6, 6.07) is 0.